The zero-order valence-electron chi connectivity index (χ0n) is 18.3. The van der Waals surface area contributed by atoms with E-state index in [1.54, 1.807) is 7.11 Å². The highest BCUT2D eigenvalue weighted by atomic mass is 16.5. The number of carbonyl (C=O) groups is 1. The third-order valence-corrected chi connectivity index (χ3v) is 5.11. The van der Waals surface area contributed by atoms with Crippen molar-refractivity contribution >= 4 is 17.6 Å². The first kappa shape index (κ1) is 22.6. The van der Waals surface area contributed by atoms with Crippen molar-refractivity contribution in [3.05, 3.63) is 59.7 Å². The van der Waals surface area contributed by atoms with Gasteiger partial charge in [-0.15, -0.1) is 0 Å². The summed E-state index contributed by atoms with van der Waals surface area (Å²) in [5.74, 6) is 1.75. The number of ether oxygens (including phenoxy) is 2. The van der Waals surface area contributed by atoms with Crippen LogP contribution in [0.4, 0.5) is 5.69 Å². The molecule has 2 aromatic carbocycles. The van der Waals surface area contributed by atoms with E-state index in [0.717, 1.165) is 48.0 Å². The van der Waals surface area contributed by atoms with Crippen LogP contribution in [0.15, 0.2) is 53.5 Å². The molecule has 3 rings (SSSR count). The molecule has 0 bridgehead atoms. The number of methoxy groups -OCH3 is 1. The fourth-order valence-corrected chi connectivity index (χ4v) is 3.50. The van der Waals surface area contributed by atoms with Crippen molar-refractivity contribution in [2.75, 3.05) is 38.7 Å². The minimum absolute atomic E-state index is 0.0471. The second-order valence-corrected chi connectivity index (χ2v) is 7.44. The molecule has 1 amide bonds. The number of fused-ring (bicyclic) bond motifs is 1. The molecule has 0 radical (unpaired) electrons. The van der Waals surface area contributed by atoms with E-state index in [9.17, 15) is 4.79 Å². The van der Waals surface area contributed by atoms with Crippen LogP contribution in [0.5, 0.6) is 5.75 Å². The Morgan fingerprint density at radius 3 is 2.74 bits per heavy atom. The minimum atomic E-state index is 0.0471. The van der Waals surface area contributed by atoms with Gasteiger partial charge < -0.3 is 25.4 Å². The number of hydrogen-bond donors (Lipinski definition) is 3. The zero-order valence-corrected chi connectivity index (χ0v) is 18.3. The number of benzene rings is 2. The Bertz CT molecular complexity index is 867. The van der Waals surface area contributed by atoms with E-state index < -0.39 is 0 Å². The third kappa shape index (κ3) is 7.00. The number of rotatable bonds is 10. The lowest BCUT2D eigenvalue weighted by Crippen LogP contribution is -2.38. The van der Waals surface area contributed by atoms with Crippen molar-refractivity contribution < 1.29 is 14.3 Å². The first-order chi connectivity index (χ1) is 15.2. The van der Waals surface area contributed by atoms with Crippen LogP contribution in [0.3, 0.4) is 0 Å². The van der Waals surface area contributed by atoms with Crippen molar-refractivity contribution in [2.45, 2.75) is 32.3 Å². The molecule has 7 nitrogen and oxygen atoms in total. The van der Waals surface area contributed by atoms with Crippen LogP contribution >= 0.6 is 0 Å². The van der Waals surface area contributed by atoms with E-state index in [4.69, 9.17) is 14.5 Å². The lowest BCUT2D eigenvalue weighted by Gasteiger charge is -2.24. The third-order valence-electron chi connectivity index (χ3n) is 5.11. The minimum Gasteiger partial charge on any atom is -0.497 e. The molecular weight excluding hydrogens is 392 g/mol. The largest absolute Gasteiger partial charge is 0.497 e. The monoisotopic (exact) mass is 424 g/mol. The Kier molecular flexibility index (Phi) is 8.72. The van der Waals surface area contributed by atoms with E-state index in [1.807, 2.05) is 49.4 Å². The predicted octanol–water partition coefficient (Wildman–Crippen LogP) is 3.28. The van der Waals surface area contributed by atoms with Crippen molar-refractivity contribution in [3.63, 3.8) is 0 Å². The van der Waals surface area contributed by atoms with Crippen molar-refractivity contribution in [3.8, 4) is 5.75 Å². The van der Waals surface area contributed by atoms with Gasteiger partial charge in [0.05, 0.1) is 20.3 Å². The molecule has 7 heteroatoms. The van der Waals surface area contributed by atoms with Gasteiger partial charge in [0.2, 0.25) is 5.91 Å². The molecule has 1 heterocycles. The van der Waals surface area contributed by atoms with Gasteiger partial charge in [0.15, 0.2) is 5.96 Å². The Morgan fingerprint density at radius 2 is 1.97 bits per heavy atom. The highest BCUT2D eigenvalue weighted by molar-refractivity contribution is 5.94. The fourth-order valence-electron chi connectivity index (χ4n) is 3.50. The number of anilines is 1. The summed E-state index contributed by atoms with van der Waals surface area (Å²) in [5.41, 5.74) is 3.17. The Hall–Kier alpha value is -3.06. The molecule has 1 aliphatic heterocycles. The fraction of sp³-hybridized carbons (Fsp3) is 0.417. The Morgan fingerprint density at radius 1 is 1.16 bits per heavy atom. The van der Waals surface area contributed by atoms with Crippen molar-refractivity contribution in [2.24, 2.45) is 4.99 Å². The summed E-state index contributed by atoms with van der Waals surface area (Å²) in [6.07, 6.45) is 1.33. The van der Waals surface area contributed by atoms with Crippen LogP contribution in [0, 0.1) is 0 Å². The van der Waals surface area contributed by atoms with E-state index in [2.05, 4.69) is 22.0 Å². The van der Waals surface area contributed by atoms with E-state index in [1.165, 1.54) is 0 Å². The van der Waals surface area contributed by atoms with Gasteiger partial charge in [0, 0.05) is 37.7 Å². The SMILES string of the molecule is CCNC(=NCC1CC(=O)Nc2ccccc21)NCCCOCc1ccc(OC)cc1. The molecule has 2 aromatic rings. The summed E-state index contributed by atoms with van der Waals surface area (Å²) >= 11 is 0. The van der Waals surface area contributed by atoms with E-state index in [-0.39, 0.29) is 11.8 Å². The molecule has 31 heavy (non-hydrogen) atoms. The van der Waals surface area contributed by atoms with Gasteiger partial charge in [-0.05, 0) is 42.7 Å². The van der Waals surface area contributed by atoms with Crippen LogP contribution in [0.1, 0.15) is 36.8 Å². The lowest BCUT2D eigenvalue weighted by atomic mass is 9.91. The maximum atomic E-state index is 12.0. The highest BCUT2D eigenvalue weighted by Crippen LogP contribution is 2.31. The Labute approximate surface area is 184 Å². The number of guanidine groups is 1. The molecular formula is C24H32N4O3. The molecule has 0 fully saturated rings. The smallest absolute Gasteiger partial charge is 0.225 e. The average Bonchev–Trinajstić information content (AvgIpc) is 2.79. The maximum absolute atomic E-state index is 12.0. The molecule has 0 aromatic heterocycles. The first-order valence-corrected chi connectivity index (χ1v) is 10.8. The first-order valence-electron chi connectivity index (χ1n) is 10.8. The standard InChI is InChI=1S/C24H32N4O3/c1-3-25-24(26-13-6-14-31-17-18-9-11-20(30-2)12-10-18)27-16-19-15-23(29)28-22-8-5-4-7-21(19)22/h4-5,7-12,19H,3,6,13-17H2,1-2H3,(H,28,29)(H2,25,26,27). The maximum Gasteiger partial charge on any atom is 0.225 e. The number of carbonyl (C=O) groups excluding carboxylic acids is 1. The van der Waals surface area contributed by atoms with Gasteiger partial charge in [-0.3, -0.25) is 9.79 Å². The van der Waals surface area contributed by atoms with Gasteiger partial charge in [0.25, 0.3) is 0 Å². The van der Waals surface area contributed by atoms with Crippen LogP contribution in [0.25, 0.3) is 0 Å². The van der Waals surface area contributed by atoms with Crippen molar-refractivity contribution in [1.29, 1.82) is 0 Å². The average molecular weight is 425 g/mol. The molecule has 0 spiro atoms. The summed E-state index contributed by atoms with van der Waals surface area (Å²) in [6, 6.07) is 15.8. The summed E-state index contributed by atoms with van der Waals surface area (Å²) in [4.78, 5) is 16.7. The second-order valence-electron chi connectivity index (χ2n) is 7.44. The molecule has 1 unspecified atom stereocenters. The Balaban J connectivity index is 1.42. The van der Waals surface area contributed by atoms with Crippen LogP contribution < -0.4 is 20.7 Å². The zero-order chi connectivity index (χ0) is 21.9. The number of aliphatic imine (C=N–C) groups is 1. The highest BCUT2D eigenvalue weighted by Gasteiger charge is 2.24. The summed E-state index contributed by atoms with van der Waals surface area (Å²) in [6.45, 7) is 5.39. The van der Waals surface area contributed by atoms with Gasteiger partial charge in [-0.2, -0.15) is 0 Å². The van der Waals surface area contributed by atoms with Crippen LogP contribution in [-0.4, -0.2) is 45.2 Å². The van der Waals surface area contributed by atoms with Gasteiger partial charge in [-0.25, -0.2) is 0 Å². The van der Waals surface area contributed by atoms with Crippen LogP contribution in [0.2, 0.25) is 0 Å². The van der Waals surface area contributed by atoms with Gasteiger partial charge in [0.1, 0.15) is 5.75 Å². The summed E-state index contributed by atoms with van der Waals surface area (Å²) in [7, 11) is 1.66. The number of amides is 1. The van der Waals surface area contributed by atoms with Crippen molar-refractivity contribution in [1.82, 2.24) is 10.6 Å². The van der Waals surface area contributed by atoms with Gasteiger partial charge in [-0.1, -0.05) is 30.3 Å². The molecule has 166 valence electrons. The van der Waals surface area contributed by atoms with Crippen LogP contribution in [-0.2, 0) is 16.1 Å². The number of nitrogens with zero attached hydrogens (tertiary/aromatic N) is 1. The molecule has 3 N–H and O–H groups in total. The van der Waals surface area contributed by atoms with E-state index in [0.29, 0.717) is 26.2 Å². The number of hydrogen-bond acceptors (Lipinski definition) is 4. The molecule has 0 aliphatic carbocycles. The number of para-hydroxylation sites is 1. The normalized spacial score (nSPS) is 15.7. The molecule has 0 saturated heterocycles. The van der Waals surface area contributed by atoms with Gasteiger partial charge >= 0.3 is 0 Å². The molecule has 1 aliphatic rings. The molecule has 0 saturated carbocycles. The lowest BCUT2D eigenvalue weighted by molar-refractivity contribution is -0.116. The van der Waals surface area contributed by atoms with E-state index >= 15 is 0 Å². The topological polar surface area (TPSA) is 84.0 Å². The molecule has 1 atom stereocenters. The predicted molar refractivity (Wildman–Crippen MR) is 124 cm³/mol. The second kappa shape index (κ2) is 12.0. The summed E-state index contributed by atoms with van der Waals surface area (Å²) < 4.78 is 10.9. The number of nitrogens with one attached hydrogen (secondary N) is 3. The quantitative estimate of drug-likeness (QED) is 0.310. The summed E-state index contributed by atoms with van der Waals surface area (Å²) in [5, 5.41) is 9.56.